The van der Waals surface area contributed by atoms with Gasteiger partial charge in [-0.25, -0.2) is 4.68 Å². The van der Waals surface area contributed by atoms with Crippen molar-refractivity contribution in [2.24, 2.45) is 0 Å². The first-order valence-corrected chi connectivity index (χ1v) is 15.0. The van der Waals surface area contributed by atoms with Crippen molar-refractivity contribution < 1.29 is 28.7 Å². The number of Topliss-reactive ketones (excluding diaryl/α,β-unsaturated/α-hetero) is 1. The Morgan fingerprint density at radius 1 is 0.841 bits per heavy atom. The maximum absolute atomic E-state index is 13.6. The third kappa shape index (κ3) is 8.80. The highest BCUT2D eigenvalue weighted by Gasteiger charge is 2.29. The number of hydrogen-bond acceptors (Lipinski definition) is 8. The van der Waals surface area contributed by atoms with Gasteiger partial charge in [0.05, 0.1) is 57.3 Å². The first-order valence-electron chi connectivity index (χ1n) is 15.0. The molecule has 3 amide bonds. The molecular formula is C32H40N6O6. The summed E-state index contributed by atoms with van der Waals surface area (Å²) in [5.74, 6) is -0.637. The fourth-order valence-corrected chi connectivity index (χ4v) is 4.98. The van der Waals surface area contributed by atoms with E-state index in [-0.39, 0.29) is 42.9 Å². The summed E-state index contributed by atoms with van der Waals surface area (Å²) in [4.78, 5) is 49.8. The zero-order chi connectivity index (χ0) is 31.3. The fourth-order valence-electron chi connectivity index (χ4n) is 4.98. The molecule has 12 heteroatoms. The Morgan fingerprint density at radius 3 is 2.32 bits per heavy atom. The number of benzene rings is 2. The number of nitrogens with zero attached hydrogens (tertiary/aromatic N) is 4. The van der Waals surface area contributed by atoms with Crippen molar-refractivity contribution in [3.63, 3.8) is 0 Å². The largest absolute Gasteiger partial charge is 0.377 e. The Bertz CT molecular complexity index is 1450. The Hall–Kier alpha value is -4.42. The van der Waals surface area contributed by atoms with E-state index in [1.165, 1.54) is 6.92 Å². The van der Waals surface area contributed by atoms with Crippen LogP contribution < -0.4 is 15.5 Å². The molecule has 0 spiro atoms. The molecule has 0 aliphatic carbocycles. The van der Waals surface area contributed by atoms with Crippen LogP contribution in [0.5, 0.6) is 0 Å². The van der Waals surface area contributed by atoms with E-state index in [1.807, 2.05) is 55.5 Å². The van der Waals surface area contributed by atoms with E-state index in [0.29, 0.717) is 52.5 Å². The molecule has 3 aromatic rings. The van der Waals surface area contributed by atoms with Gasteiger partial charge in [0, 0.05) is 37.1 Å². The summed E-state index contributed by atoms with van der Waals surface area (Å²) in [6.45, 7) is 6.10. The van der Waals surface area contributed by atoms with E-state index >= 15 is 0 Å². The topological polar surface area (TPSA) is 145 Å². The molecule has 0 saturated heterocycles. The lowest BCUT2D eigenvalue weighted by Crippen LogP contribution is -2.35. The molecule has 2 heterocycles. The van der Waals surface area contributed by atoms with Gasteiger partial charge in [0.25, 0.3) is 0 Å². The van der Waals surface area contributed by atoms with Gasteiger partial charge >= 0.3 is 0 Å². The van der Waals surface area contributed by atoms with Gasteiger partial charge in [-0.3, -0.25) is 19.2 Å². The third-order valence-electron chi connectivity index (χ3n) is 7.02. The van der Waals surface area contributed by atoms with Gasteiger partial charge < -0.3 is 25.0 Å². The summed E-state index contributed by atoms with van der Waals surface area (Å²) in [7, 11) is 0. The maximum atomic E-state index is 13.6. The monoisotopic (exact) mass is 604 g/mol. The van der Waals surface area contributed by atoms with E-state index < -0.39 is 0 Å². The lowest BCUT2D eigenvalue weighted by atomic mass is 9.95. The van der Waals surface area contributed by atoms with Crippen molar-refractivity contribution >= 4 is 29.2 Å². The van der Waals surface area contributed by atoms with Gasteiger partial charge in [-0.2, -0.15) is 0 Å². The number of aromatic nitrogens is 3. The van der Waals surface area contributed by atoms with Crippen LogP contribution in [0.4, 0.5) is 5.69 Å². The molecule has 0 bridgehead atoms. The Kier molecular flexibility index (Phi) is 12.1. The Labute approximate surface area is 257 Å². The predicted octanol–water partition coefficient (Wildman–Crippen LogP) is 2.89. The molecule has 12 nitrogen and oxygen atoms in total. The molecule has 0 unspecified atom stereocenters. The molecule has 0 fully saturated rings. The van der Waals surface area contributed by atoms with Crippen molar-refractivity contribution in [3.05, 3.63) is 54.1 Å². The highest BCUT2D eigenvalue weighted by atomic mass is 16.5. The molecular weight excluding hydrogens is 564 g/mol. The van der Waals surface area contributed by atoms with E-state index in [2.05, 4.69) is 20.9 Å². The molecule has 0 saturated carbocycles. The zero-order valence-corrected chi connectivity index (χ0v) is 25.3. The number of carbonyl (C=O) groups is 4. The van der Waals surface area contributed by atoms with Gasteiger partial charge in [0.15, 0.2) is 0 Å². The molecule has 1 aromatic heterocycles. The van der Waals surface area contributed by atoms with Crippen LogP contribution in [0.15, 0.2) is 48.5 Å². The predicted molar refractivity (Wildman–Crippen MR) is 165 cm³/mol. The fraction of sp³-hybridized carbons (Fsp3) is 0.438. The molecule has 1 aliphatic rings. The zero-order valence-electron chi connectivity index (χ0n) is 25.3. The van der Waals surface area contributed by atoms with E-state index in [9.17, 15) is 19.2 Å². The van der Waals surface area contributed by atoms with Gasteiger partial charge in [-0.05, 0) is 25.0 Å². The quantitative estimate of drug-likeness (QED) is 0.188. The molecule has 2 N–H and O–H groups in total. The lowest BCUT2D eigenvalue weighted by Gasteiger charge is -2.29. The first-order chi connectivity index (χ1) is 21.4. The van der Waals surface area contributed by atoms with E-state index in [1.54, 1.807) is 9.58 Å². The van der Waals surface area contributed by atoms with Crippen LogP contribution in [0.2, 0.25) is 0 Å². The average molecular weight is 605 g/mol. The smallest absolute Gasteiger partial charge is 0.229 e. The van der Waals surface area contributed by atoms with E-state index in [0.717, 1.165) is 40.2 Å². The normalized spacial score (nSPS) is 11.9. The second kappa shape index (κ2) is 16.4. The standard InChI is InChI=1S/C32H40N6O6/c1-3-8-28(40)33-14-13-30(42)37-22-24-9-4-5-10-25(24)31-32(26-11-6-7-12-27(26)37)38(36-35-31)16-18-44-20-19-43-17-15-34-29(41)21-23(2)39/h4-7,9-12H,3,8,13-22H2,1-2H3,(H,33,40)(H,34,41). The van der Waals surface area contributed by atoms with Crippen molar-refractivity contribution in [2.75, 3.05) is 44.4 Å². The molecule has 4 rings (SSSR count). The number of carbonyl (C=O) groups excluding carboxylic acids is 4. The third-order valence-corrected chi connectivity index (χ3v) is 7.02. The summed E-state index contributed by atoms with van der Waals surface area (Å²) in [6.07, 6.45) is 1.24. The van der Waals surface area contributed by atoms with Crippen molar-refractivity contribution in [1.29, 1.82) is 0 Å². The summed E-state index contributed by atoms with van der Waals surface area (Å²) in [5, 5.41) is 14.5. The summed E-state index contributed by atoms with van der Waals surface area (Å²) >= 11 is 0. The number of para-hydroxylation sites is 1. The van der Waals surface area contributed by atoms with Crippen LogP contribution in [-0.4, -0.2) is 78.0 Å². The minimum Gasteiger partial charge on any atom is -0.377 e. The highest BCUT2D eigenvalue weighted by Crippen LogP contribution is 2.41. The lowest BCUT2D eigenvalue weighted by molar-refractivity contribution is -0.127. The second-order valence-electron chi connectivity index (χ2n) is 10.5. The Balaban J connectivity index is 1.43. The van der Waals surface area contributed by atoms with Gasteiger partial charge in [-0.1, -0.05) is 54.6 Å². The highest BCUT2D eigenvalue weighted by molar-refractivity contribution is 6.00. The Morgan fingerprint density at radius 2 is 1.55 bits per heavy atom. The van der Waals surface area contributed by atoms with Gasteiger partial charge in [0.2, 0.25) is 17.7 Å². The number of amides is 3. The molecule has 1 aliphatic heterocycles. The second-order valence-corrected chi connectivity index (χ2v) is 10.5. The van der Waals surface area contributed by atoms with Crippen LogP contribution in [0.3, 0.4) is 0 Å². The summed E-state index contributed by atoms with van der Waals surface area (Å²) < 4.78 is 13.1. The molecule has 234 valence electrons. The van der Waals surface area contributed by atoms with Gasteiger partial charge in [-0.15, -0.1) is 5.10 Å². The first kappa shape index (κ1) is 32.5. The average Bonchev–Trinajstić information content (AvgIpc) is 3.41. The van der Waals surface area contributed by atoms with Crippen molar-refractivity contribution in [3.8, 4) is 22.5 Å². The minimum atomic E-state index is -0.312. The number of rotatable bonds is 16. The molecule has 44 heavy (non-hydrogen) atoms. The SMILES string of the molecule is CCCC(=O)NCCC(=O)N1Cc2ccccc2-c2nnn(CCOCCOCCNC(=O)CC(C)=O)c2-c2ccccc21. The minimum absolute atomic E-state index is 0.0539. The number of fused-ring (bicyclic) bond motifs is 5. The summed E-state index contributed by atoms with van der Waals surface area (Å²) in [6, 6.07) is 15.6. The number of ketones is 1. The van der Waals surface area contributed by atoms with Crippen LogP contribution in [0.1, 0.15) is 45.1 Å². The number of ether oxygens (including phenoxy) is 2. The molecule has 2 aromatic carbocycles. The van der Waals surface area contributed by atoms with Gasteiger partial charge in [0.1, 0.15) is 11.5 Å². The van der Waals surface area contributed by atoms with Crippen LogP contribution in [0, 0.1) is 0 Å². The molecule has 0 atom stereocenters. The number of nitrogens with one attached hydrogen (secondary N) is 2. The van der Waals surface area contributed by atoms with E-state index in [4.69, 9.17) is 9.47 Å². The maximum Gasteiger partial charge on any atom is 0.229 e. The van der Waals surface area contributed by atoms with Crippen molar-refractivity contribution in [2.45, 2.75) is 52.6 Å². The van der Waals surface area contributed by atoms with Crippen LogP contribution >= 0.6 is 0 Å². The summed E-state index contributed by atoms with van der Waals surface area (Å²) in [5.41, 5.74) is 4.97. The van der Waals surface area contributed by atoms with Crippen LogP contribution in [0.25, 0.3) is 22.5 Å². The molecule has 0 radical (unpaired) electrons. The van der Waals surface area contributed by atoms with Crippen LogP contribution in [-0.2, 0) is 41.7 Å². The van der Waals surface area contributed by atoms with Crippen molar-refractivity contribution in [1.82, 2.24) is 25.6 Å². The number of hydrogen-bond donors (Lipinski definition) is 2. The number of anilines is 1.